The van der Waals surface area contributed by atoms with E-state index in [9.17, 15) is 4.79 Å². The first-order chi connectivity index (χ1) is 8.93. The summed E-state index contributed by atoms with van der Waals surface area (Å²) >= 11 is 1.61. The number of hydrogen-bond donors (Lipinski definition) is 2. The number of thiophene rings is 1. The number of anilines is 1. The van der Waals surface area contributed by atoms with Crippen LogP contribution in [-0.4, -0.2) is 27.1 Å². The predicted octanol–water partition coefficient (Wildman–Crippen LogP) is 2.89. The normalized spacial score (nSPS) is 12.6. The number of aryl methyl sites for hydroxylation is 3. The highest BCUT2D eigenvalue weighted by atomic mass is 32.1. The summed E-state index contributed by atoms with van der Waals surface area (Å²) in [6, 6.07) is -0.628. The molecular weight excluding hydrogens is 262 g/mol. The summed E-state index contributed by atoms with van der Waals surface area (Å²) in [7, 11) is 0. The van der Waals surface area contributed by atoms with E-state index in [1.807, 2.05) is 27.7 Å². The Hall–Kier alpha value is -1.69. The van der Waals surface area contributed by atoms with Crippen LogP contribution in [0.4, 0.5) is 5.82 Å². The minimum Gasteiger partial charge on any atom is -0.480 e. The fourth-order valence-electron chi connectivity index (χ4n) is 1.96. The van der Waals surface area contributed by atoms with Gasteiger partial charge in [-0.25, -0.2) is 14.8 Å². The van der Waals surface area contributed by atoms with Crippen LogP contribution in [0.2, 0.25) is 0 Å². The maximum Gasteiger partial charge on any atom is 0.326 e. The summed E-state index contributed by atoms with van der Waals surface area (Å²) in [5, 5.41) is 13.1. The van der Waals surface area contributed by atoms with Gasteiger partial charge in [0.2, 0.25) is 0 Å². The number of nitrogens with one attached hydrogen (secondary N) is 1. The van der Waals surface area contributed by atoms with Crippen LogP contribution in [0.25, 0.3) is 10.2 Å². The second-order valence-corrected chi connectivity index (χ2v) is 5.73. The molecule has 0 saturated carbocycles. The van der Waals surface area contributed by atoms with Crippen molar-refractivity contribution in [3.63, 3.8) is 0 Å². The van der Waals surface area contributed by atoms with Crippen LogP contribution >= 0.6 is 11.3 Å². The van der Waals surface area contributed by atoms with Crippen LogP contribution in [0.15, 0.2) is 0 Å². The third kappa shape index (κ3) is 2.53. The summed E-state index contributed by atoms with van der Waals surface area (Å²) in [5.41, 5.74) is 1.11. The van der Waals surface area contributed by atoms with E-state index in [1.165, 1.54) is 4.88 Å². The fraction of sp³-hybridized carbons (Fsp3) is 0.462. The minimum absolute atomic E-state index is 0.502. The minimum atomic E-state index is -0.864. The van der Waals surface area contributed by atoms with E-state index in [-0.39, 0.29) is 0 Å². The highest BCUT2D eigenvalue weighted by molar-refractivity contribution is 7.18. The zero-order valence-electron chi connectivity index (χ0n) is 11.4. The molecule has 2 rings (SSSR count). The van der Waals surface area contributed by atoms with Crippen molar-refractivity contribution in [2.45, 2.75) is 40.2 Å². The number of fused-ring (bicyclic) bond motifs is 1. The van der Waals surface area contributed by atoms with Crippen LogP contribution in [0.5, 0.6) is 0 Å². The third-order valence-corrected chi connectivity index (χ3v) is 4.26. The molecular formula is C13H17N3O2S. The first-order valence-electron chi connectivity index (χ1n) is 6.17. The Morgan fingerprint density at radius 3 is 2.63 bits per heavy atom. The second-order valence-electron chi connectivity index (χ2n) is 4.53. The Labute approximate surface area is 115 Å². The van der Waals surface area contributed by atoms with Crippen LogP contribution in [0.1, 0.15) is 29.6 Å². The van der Waals surface area contributed by atoms with Crippen molar-refractivity contribution in [3.05, 3.63) is 16.3 Å². The molecule has 0 radical (unpaired) electrons. The number of carboxylic acids is 1. The molecule has 5 nitrogen and oxygen atoms in total. The molecule has 2 aromatic heterocycles. The van der Waals surface area contributed by atoms with Crippen LogP contribution in [0, 0.1) is 20.8 Å². The van der Waals surface area contributed by atoms with Crippen LogP contribution in [0.3, 0.4) is 0 Å². The Morgan fingerprint density at radius 2 is 2.05 bits per heavy atom. The monoisotopic (exact) mass is 279 g/mol. The van der Waals surface area contributed by atoms with Gasteiger partial charge in [0.25, 0.3) is 0 Å². The van der Waals surface area contributed by atoms with Gasteiger partial charge in [-0.15, -0.1) is 11.3 Å². The van der Waals surface area contributed by atoms with Crippen molar-refractivity contribution in [2.75, 3.05) is 5.32 Å². The average molecular weight is 279 g/mol. The largest absolute Gasteiger partial charge is 0.480 e. The van der Waals surface area contributed by atoms with Crippen LogP contribution in [-0.2, 0) is 4.79 Å². The van der Waals surface area contributed by atoms with Crippen molar-refractivity contribution in [3.8, 4) is 0 Å². The Kier molecular flexibility index (Phi) is 3.71. The summed E-state index contributed by atoms with van der Waals surface area (Å²) in [6.45, 7) is 7.70. The number of hydrogen-bond acceptors (Lipinski definition) is 5. The smallest absolute Gasteiger partial charge is 0.326 e. The maximum atomic E-state index is 11.1. The van der Waals surface area contributed by atoms with E-state index >= 15 is 0 Å². The van der Waals surface area contributed by atoms with Gasteiger partial charge in [-0.05, 0) is 32.8 Å². The molecule has 6 heteroatoms. The predicted molar refractivity (Wildman–Crippen MR) is 77.0 cm³/mol. The molecule has 2 aromatic rings. The Balaban J connectivity index is 2.55. The zero-order valence-corrected chi connectivity index (χ0v) is 12.3. The zero-order chi connectivity index (χ0) is 14.2. The summed E-state index contributed by atoms with van der Waals surface area (Å²) in [6.07, 6.45) is 0.502. The van der Waals surface area contributed by atoms with Gasteiger partial charge in [-0.2, -0.15) is 0 Å². The van der Waals surface area contributed by atoms with Crippen molar-refractivity contribution >= 4 is 33.3 Å². The van der Waals surface area contributed by atoms with E-state index in [2.05, 4.69) is 15.3 Å². The van der Waals surface area contributed by atoms with Gasteiger partial charge in [0, 0.05) is 4.88 Å². The van der Waals surface area contributed by atoms with E-state index in [0.29, 0.717) is 18.1 Å². The van der Waals surface area contributed by atoms with E-state index in [1.54, 1.807) is 11.3 Å². The molecule has 19 heavy (non-hydrogen) atoms. The fourth-order valence-corrected chi connectivity index (χ4v) is 3.04. The molecule has 1 unspecified atom stereocenters. The molecule has 0 aliphatic heterocycles. The molecule has 0 saturated heterocycles. The molecule has 0 spiro atoms. The standard InChI is InChI=1S/C13H17N3O2S/c1-5-9(13(17)18)16-11-10-6(2)7(3)19-12(10)15-8(4)14-11/h9H,5H2,1-4H3,(H,17,18)(H,14,15,16). The third-order valence-electron chi connectivity index (χ3n) is 3.16. The van der Waals surface area contributed by atoms with Crippen molar-refractivity contribution in [2.24, 2.45) is 0 Å². The Morgan fingerprint density at radius 1 is 1.37 bits per heavy atom. The van der Waals surface area contributed by atoms with Crippen molar-refractivity contribution < 1.29 is 9.90 Å². The Bertz CT molecular complexity index is 636. The lowest BCUT2D eigenvalue weighted by atomic mass is 10.2. The number of aromatic nitrogens is 2. The topological polar surface area (TPSA) is 75.1 Å². The highest BCUT2D eigenvalue weighted by Gasteiger charge is 2.19. The molecule has 102 valence electrons. The quantitative estimate of drug-likeness (QED) is 0.900. The van der Waals surface area contributed by atoms with E-state index in [0.717, 1.165) is 15.8 Å². The summed E-state index contributed by atoms with van der Waals surface area (Å²) in [5.74, 6) is 0.409. The van der Waals surface area contributed by atoms with Gasteiger partial charge in [-0.1, -0.05) is 6.92 Å². The van der Waals surface area contributed by atoms with Gasteiger partial charge in [0.15, 0.2) is 0 Å². The number of carboxylic acid groups (broad SMARTS) is 1. The van der Waals surface area contributed by atoms with Crippen molar-refractivity contribution in [1.82, 2.24) is 9.97 Å². The first kappa shape index (κ1) is 13.7. The molecule has 0 aliphatic carbocycles. The highest BCUT2D eigenvalue weighted by Crippen LogP contribution is 2.33. The number of carbonyl (C=O) groups is 1. The number of aliphatic carboxylic acids is 1. The molecule has 1 atom stereocenters. The van der Waals surface area contributed by atoms with Gasteiger partial charge >= 0.3 is 5.97 Å². The van der Waals surface area contributed by atoms with Gasteiger partial charge < -0.3 is 10.4 Å². The van der Waals surface area contributed by atoms with Crippen molar-refractivity contribution in [1.29, 1.82) is 0 Å². The van der Waals surface area contributed by atoms with Crippen LogP contribution < -0.4 is 5.32 Å². The molecule has 0 aliphatic rings. The molecule has 2 N–H and O–H groups in total. The average Bonchev–Trinajstić information content (AvgIpc) is 2.61. The molecule has 0 amide bonds. The molecule has 0 fully saturated rings. The van der Waals surface area contributed by atoms with Gasteiger partial charge in [0.05, 0.1) is 5.39 Å². The second kappa shape index (κ2) is 5.13. The van der Waals surface area contributed by atoms with Gasteiger partial charge in [-0.3, -0.25) is 0 Å². The lowest BCUT2D eigenvalue weighted by Crippen LogP contribution is -2.29. The molecule has 0 bridgehead atoms. The number of nitrogens with zero attached hydrogens (tertiary/aromatic N) is 2. The summed E-state index contributed by atoms with van der Waals surface area (Å²) in [4.78, 5) is 22.0. The lowest BCUT2D eigenvalue weighted by Gasteiger charge is -2.14. The maximum absolute atomic E-state index is 11.1. The summed E-state index contributed by atoms with van der Waals surface area (Å²) < 4.78 is 0. The SMILES string of the molecule is CCC(Nc1nc(C)nc2sc(C)c(C)c12)C(=O)O. The van der Waals surface area contributed by atoms with E-state index < -0.39 is 12.0 Å². The lowest BCUT2D eigenvalue weighted by molar-refractivity contribution is -0.137. The molecule has 2 heterocycles. The first-order valence-corrected chi connectivity index (χ1v) is 6.99. The molecule has 0 aromatic carbocycles. The van der Waals surface area contributed by atoms with Gasteiger partial charge in [0.1, 0.15) is 22.5 Å². The van der Waals surface area contributed by atoms with E-state index in [4.69, 9.17) is 5.11 Å². The number of rotatable bonds is 4.